The first-order chi connectivity index (χ1) is 9.65. The Morgan fingerprint density at radius 3 is 3.05 bits per heavy atom. The van der Waals surface area contributed by atoms with Crippen LogP contribution in [0.1, 0.15) is 18.1 Å². The van der Waals surface area contributed by atoms with E-state index < -0.39 is 0 Å². The molecule has 0 saturated carbocycles. The minimum absolute atomic E-state index is 0.0569. The number of hydrogen-bond donors (Lipinski definition) is 0. The normalized spacial score (nSPS) is 21.2. The van der Waals surface area contributed by atoms with Gasteiger partial charge in [0.2, 0.25) is 0 Å². The third-order valence-electron chi connectivity index (χ3n) is 3.37. The van der Waals surface area contributed by atoms with Gasteiger partial charge in [0.15, 0.2) is 0 Å². The van der Waals surface area contributed by atoms with Gasteiger partial charge in [-0.15, -0.1) is 11.6 Å². The third kappa shape index (κ3) is 2.66. The second kappa shape index (κ2) is 5.68. The molecular formula is C14H16ClFN2O2. The highest BCUT2D eigenvalue weighted by Gasteiger charge is 2.21. The highest BCUT2D eigenvalue weighted by Crippen LogP contribution is 2.26. The Bertz CT molecular complexity index is 608. The second-order valence-corrected chi connectivity index (χ2v) is 5.55. The second-order valence-electron chi connectivity index (χ2n) is 4.90. The summed E-state index contributed by atoms with van der Waals surface area (Å²) < 4.78 is 26.5. The SMILES string of the molecule is CC(Cl)c1nc2ccc(F)cc2n1CC1COCCO1. The Labute approximate surface area is 121 Å². The van der Waals surface area contributed by atoms with Gasteiger partial charge in [0, 0.05) is 0 Å². The van der Waals surface area contributed by atoms with Crippen LogP contribution in [0.5, 0.6) is 0 Å². The molecule has 0 amide bonds. The van der Waals surface area contributed by atoms with E-state index in [0.717, 1.165) is 16.9 Å². The monoisotopic (exact) mass is 298 g/mol. The van der Waals surface area contributed by atoms with E-state index in [1.165, 1.54) is 12.1 Å². The summed E-state index contributed by atoms with van der Waals surface area (Å²) in [6, 6.07) is 4.56. The molecule has 1 aliphatic rings. The van der Waals surface area contributed by atoms with Gasteiger partial charge >= 0.3 is 0 Å². The van der Waals surface area contributed by atoms with E-state index in [1.807, 2.05) is 11.5 Å². The van der Waals surface area contributed by atoms with Gasteiger partial charge in [0.25, 0.3) is 0 Å². The Kier molecular flexibility index (Phi) is 3.92. The average molecular weight is 299 g/mol. The molecule has 3 rings (SSSR count). The molecule has 1 saturated heterocycles. The number of nitrogens with zero attached hydrogens (tertiary/aromatic N) is 2. The first kappa shape index (κ1) is 13.8. The van der Waals surface area contributed by atoms with E-state index >= 15 is 0 Å². The highest BCUT2D eigenvalue weighted by molar-refractivity contribution is 6.20. The lowest BCUT2D eigenvalue weighted by atomic mass is 10.3. The summed E-state index contributed by atoms with van der Waals surface area (Å²) in [5, 5.41) is -0.255. The summed E-state index contributed by atoms with van der Waals surface area (Å²) in [7, 11) is 0. The van der Waals surface area contributed by atoms with E-state index in [2.05, 4.69) is 4.98 Å². The van der Waals surface area contributed by atoms with Crippen molar-refractivity contribution in [3.8, 4) is 0 Å². The molecular weight excluding hydrogens is 283 g/mol. The molecule has 20 heavy (non-hydrogen) atoms. The van der Waals surface area contributed by atoms with Gasteiger partial charge in [-0.25, -0.2) is 9.37 Å². The van der Waals surface area contributed by atoms with Crippen molar-refractivity contribution in [2.45, 2.75) is 24.9 Å². The molecule has 108 valence electrons. The van der Waals surface area contributed by atoms with Gasteiger partial charge in [-0.3, -0.25) is 0 Å². The van der Waals surface area contributed by atoms with Crippen LogP contribution in [-0.2, 0) is 16.0 Å². The molecule has 2 heterocycles. The zero-order valence-corrected chi connectivity index (χ0v) is 11.9. The zero-order chi connectivity index (χ0) is 14.1. The number of imidazole rings is 1. The lowest BCUT2D eigenvalue weighted by Gasteiger charge is -2.24. The molecule has 0 N–H and O–H groups in total. The molecule has 0 bridgehead atoms. The molecule has 2 atom stereocenters. The van der Waals surface area contributed by atoms with Gasteiger partial charge in [-0.05, 0) is 25.1 Å². The third-order valence-corrected chi connectivity index (χ3v) is 3.56. The largest absolute Gasteiger partial charge is 0.376 e. The summed E-state index contributed by atoms with van der Waals surface area (Å²) in [5.74, 6) is 0.440. The fourth-order valence-corrected chi connectivity index (χ4v) is 2.62. The van der Waals surface area contributed by atoms with E-state index in [4.69, 9.17) is 21.1 Å². The van der Waals surface area contributed by atoms with Crippen molar-refractivity contribution < 1.29 is 13.9 Å². The van der Waals surface area contributed by atoms with Gasteiger partial charge < -0.3 is 14.0 Å². The van der Waals surface area contributed by atoms with E-state index in [-0.39, 0.29) is 17.3 Å². The molecule has 4 nitrogen and oxygen atoms in total. The van der Waals surface area contributed by atoms with E-state index in [9.17, 15) is 4.39 Å². The van der Waals surface area contributed by atoms with Crippen molar-refractivity contribution in [2.24, 2.45) is 0 Å². The summed E-state index contributed by atoms with van der Waals surface area (Å²) in [6.07, 6.45) is -0.0569. The molecule has 1 fully saturated rings. The Hall–Kier alpha value is -1.17. The van der Waals surface area contributed by atoms with Crippen molar-refractivity contribution in [3.05, 3.63) is 29.8 Å². The molecule has 0 aliphatic carbocycles. The van der Waals surface area contributed by atoms with Crippen molar-refractivity contribution in [3.63, 3.8) is 0 Å². The van der Waals surface area contributed by atoms with Gasteiger partial charge in [0.05, 0.1) is 48.9 Å². The quantitative estimate of drug-likeness (QED) is 0.818. The van der Waals surface area contributed by atoms with Crippen molar-refractivity contribution in [1.29, 1.82) is 0 Å². The molecule has 2 unspecified atom stereocenters. The van der Waals surface area contributed by atoms with Crippen LogP contribution < -0.4 is 0 Å². The van der Waals surface area contributed by atoms with Crippen LogP contribution >= 0.6 is 11.6 Å². The smallest absolute Gasteiger partial charge is 0.127 e. The molecule has 0 spiro atoms. The number of benzene rings is 1. The van der Waals surface area contributed by atoms with Gasteiger partial charge in [-0.2, -0.15) is 0 Å². The summed E-state index contributed by atoms with van der Waals surface area (Å²) in [6.45, 7) is 4.15. The molecule has 0 radical (unpaired) electrons. The maximum absolute atomic E-state index is 13.5. The maximum atomic E-state index is 13.5. The van der Waals surface area contributed by atoms with Crippen LogP contribution in [-0.4, -0.2) is 35.5 Å². The topological polar surface area (TPSA) is 36.3 Å². The van der Waals surface area contributed by atoms with Crippen LogP contribution in [0.25, 0.3) is 11.0 Å². The lowest BCUT2D eigenvalue weighted by molar-refractivity contribution is -0.0934. The Morgan fingerprint density at radius 1 is 1.50 bits per heavy atom. The predicted molar refractivity (Wildman–Crippen MR) is 74.5 cm³/mol. The Morgan fingerprint density at radius 2 is 2.35 bits per heavy atom. The minimum Gasteiger partial charge on any atom is -0.376 e. The molecule has 1 aliphatic heterocycles. The van der Waals surface area contributed by atoms with Gasteiger partial charge in [0.1, 0.15) is 11.6 Å². The number of hydrogen-bond acceptors (Lipinski definition) is 3. The van der Waals surface area contributed by atoms with Crippen molar-refractivity contribution in [1.82, 2.24) is 9.55 Å². The van der Waals surface area contributed by atoms with Crippen LogP contribution in [0.4, 0.5) is 4.39 Å². The number of halogens is 2. The van der Waals surface area contributed by atoms with Crippen molar-refractivity contribution >= 4 is 22.6 Å². The zero-order valence-electron chi connectivity index (χ0n) is 11.2. The number of fused-ring (bicyclic) bond motifs is 1. The maximum Gasteiger partial charge on any atom is 0.127 e. The number of alkyl halides is 1. The first-order valence-corrected chi connectivity index (χ1v) is 7.08. The van der Waals surface area contributed by atoms with E-state index in [1.54, 1.807) is 6.07 Å². The lowest BCUT2D eigenvalue weighted by Crippen LogP contribution is -2.32. The first-order valence-electron chi connectivity index (χ1n) is 6.64. The average Bonchev–Trinajstić information content (AvgIpc) is 2.78. The fraction of sp³-hybridized carbons (Fsp3) is 0.500. The summed E-state index contributed by atoms with van der Waals surface area (Å²) >= 11 is 6.19. The standard InChI is InChI=1S/C14H16ClFN2O2/c1-9(15)14-17-12-3-2-10(16)6-13(12)18(14)7-11-8-19-4-5-20-11/h2-3,6,9,11H,4-5,7-8H2,1H3. The molecule has 1 aromatic heterocycles. The molecule has 2 aromatic rings. The predicted octanol–water partition coefficient (Wildman–Crippen LogP) is 2.89. The van der Waals surface area contributed by atoms with Crippen molar-refractivity contribution in [2.75, 3.05) is 19.8 Å². The summed E-state index contributed by atoms with van der Waals surface area (Å²) in [5.41, 5.74) is 1.48. The van der Waals surface area contributed by atoms with E-state index in [0.29, 0.717) is 26.4 Å². The van der Waals surface area contributed by atoms with Crippen LogP contribution in [0, 0.1) is 5.82 Å². The number of aromatic nitrogens is 2. The van der Waals surface area contributed by atoms with Gasteiger partial charge in [-0.1, -0.05) is 0 Å². The number of ether oxygens (including phenoxy) is 2. The molecule has 6 heteroatoms. The number of rotatable bonds is 3. The highest BCUT2D eigenvalue weighted by atomic mass is 35.5. The summed E-state index contributed by atoms with van der Waals surface area (Å²) in [4.78, 5) is 4.49. The fourth-order valence-electron chi connectivity index (χ4n) is 2.46. The molecule has 1 aromatic carbocycles. The van der Waals surface area contributed by atoms with Crippen LogP contribution in [0.15, 0.2) is 18.2 Å². The van der Waals surface area contributed by atoms with Crippen LogP contribution in [0.2, 0.25) is 0 Å². The van der Waals surface area contributed by atoms with Crippen LogP contribution in [0.3, 0.4) is 0 Å². The Balaban J connectivity index is 2.01. The minimum atomic E-state index is -0.284.